The van der Waals surface area contributed by atoms with Gasteiger partial charge in [0.25, 0.3) is 0 Å². The van der Waals surface area contributed by atoms with Crippen LogP contribution in [0.5, 0.6) is 0 Å². The van der Waals surface area contributed by atoms with Gasteiger partial charge in [0, 0.05) is 31.5 Å². The van der Waals surface area contributed by atoms with Crippen LogP contribution in [0.4, 0.5) is 5.95 Å². The quantitative estimate of drug-likeness (QED) is 0.130. The number of furan rings is 1. The molecule has 45 heavy (non-hydrogen) atoms. The van der Waals surface area contributed by atoms with E-state index in [0.717, 1.165) is 10.6 Å². The number of hydrogen-bond donors (Lipinski definition) is 1. The fourth-order valence-electron chi connectivity index (χ4n) is 4.50. The predicted octanol–water partition coefficient (Wildman–Crippen LogP) is 5.49. The maximum absolute atomic E-state index is 14.6. The molecule has 1 aromatic carbocycles. The fourth-order valence-corrected chi connectivity index (χ4v) is 8.31. The molecule has 1 N–H and O–H groups in total. The smallest absolute Gasteiger partial charge is 0.246 e. The number of aromatic nitrogens is 3. The average Bonchev–Trinajstić information content (AvgIpc) is 3.57. The number of aliphatic hydroxyl groups is 1. The zero-order chi connectivity index (χ0) is 34.1. The Morgan fingerprint density at radius 2 is 1.78 bits per heavy atom. The van der Waals surface area contributed by atoms with Crippen LogP contribution >= 0.6 is 11.6 Å². The first kappa shape index (κ1) is 36.4. The number of anilines is 1. The van der Waals surface area contributed by atoms with Crippen molar-refractivity contribution in [3.63, 3.8) is 0 Å². The van der Waals surface area contributed by atoms with Gasteiger partial charge in [0.2, 0.25) is 21.8 Å². The molecule has 0 saturated heterocycles. The third-order valence-electron chi connectivity index (χ3n) is 7.18. The van der Waals surface area contributed by atoms with Crippen molar-refractivity contribution >= 4 is 51.2 Å². The van der Waals surface area contributed by atoms with Crippen LogP contribution in [0.1, 0.15) is 31.3 Å². The number of sulfonamides is 1. The summed E-state index contributed by atoms with van der Waals surface area (Å²) in [7, 11) is -7.38. The Hall–Kier alpha value is -3.11. The monoisotopic (exact) mass is 700 g/mol. The Labute approximate surface area is 271 Å². The first-order valence-corrected chi connectivity index (χ1v) is 21.4. The molecule has 2 atom stereocenters. The molecule has 3 aromatic rings. The highest BCUT2D eigenvalue weighted by Gasteiger charge is 2.40. The largest absolute Gasteiger partial charge is 0.499 e. The van der Waals surface area contributed by atoms with Crippen LogP contribution in [0.3, 0.4) is 0 Å². The highest BCUT2D eigenvalue weighted by molar-refractivity contribution is 7.93. The lowest BCUT2D eigenvalue weighted by Gasteiger charge is -2.31. The van der Waals surface area contributed by atoms with Crippen molar-refractivity contribution in [2.75, 3.05) is 31.3 Å². The molecule has 0 aliphatic rings. The Balaban J connectivity index is 2.34. The van der Waals surface area contributed by atoms with Gasteiger partial charge in [0.15, 0.2) is 15.6 Å². The molecule has 3 rings (SSSR count). The molecule has 2 heterocycles. The average molecular weight is 701 g/mol. The first-order valence-electron chi connectivity index (χ1n) is 13.9. The highest BCUT2D eigenvalue weighted by atomic mass is 35.5. The normalized spacial score (nSPS) is 14.5. The molecule has 0 unspecified atom stereocenters. The molecule has 248 valence electrons. The van der Waals surface area contributed by atoms with Crippen molar-refractivity contribution in [1.82, 2.24) is 14.8 Å². The van der Waals surface area contributed by atoms with Crippen molar-refractivity contribution in [1.29, 1.82) is 0 Å². The summed E-state index contributed by atoms with van der Waals surface area (Å²) in [5.41, 5.74) is 0.141. The van der Waals surface area contributed by atoms with Gasteiger partial charge in [-0.15, -0.1) is 10.2 Å². The maximum atomic E-state index is 14.6. The molecule has 0 fully saturated rings. The van der Waals surface area contributed by atoms with Gasteiger partial charge in [0.05, 0.1) is 25.2 Å². The minimum atomic E-state index is -4.49. The van der Waals surface area contributed by atoms with Crippen molar-refractivity contribution < 1.29 is 35.8 Å². The molecule has 0 radical (unpaired) electrons. The van der Waals surface area contributed by atoms with E-state index in [0.29, 0.717) is 23.3 Å². The number of halogens is 1. The van der Waals surface area contributed by atoms with E-state index in [4.69, 9.17) is 25.5 Å². The van der Waals surface area contributed by atoms with Gasteiger partial charge in [-0.05, 0) is 51.1 Å². The summed E-state index contributed by atoms with van der Waals surface area (Å²) < 4.78 is 73.8. The second-order valence-electron chi connectivity index (χ2n) is 11.8. The molecule has 0 saturated carbocycles. The van der Waals surface area contributed by atoms with Crippen LogP contribution in [0, 0.1) is 6.92 Å². The van der Waals surface area contributed by atoms with Crippen molar-refractivity contribution in [2.45, 2.75) is 62.7 Å². The Bertz CT molecular complexity index is 1810. The summed E-state index contributed by atoms with van der Waals surface area (Å²) in [4.78, 5) is -0.269. The van der Waals surface area contributed by atoms with Gasteiger partial charge in [-0.2, -0.15) is 0 Å². The lowest BCUT2D eigenvalue weighted by molar-refractivity contribution is 0.172. The van der Waals surface area contributed by atoms with Gasteiger partial charge in [0.1, 0.15) is 28.2 Å². The minimum Gasteiger partial charge on any atom is -0.499 e. The summed E-state index contributed by atoms with van der Waals surface area (Å²) in [5.74, 6) is 1.37. The van der Waals surface area contributed by atoms with Crippen LogP contribution in [-0.2, 0) is 29.3 Å². The third-order valence-corrected chi connectivity index (χ3v) is 12.5. The van der Waals surface area contributed by atoms with E-state index in [9.17, 15) is 21.9 Å². The Morgan fingerprint density at radius 1 is 1.13 bits per heavy atom. The van der Waals surface area contributed by atoms with E-state index >= 15 is 0 Å². The van der Waals surface area contributed by atoms with Crippen molar-refractivity contribution in [2.24, 2.45) is 0 Å². The van der Waals surface area contributed by atoms with Crippen LogP contribution in [0.2, 0.25) is 30.7 Å². The predicted molar refractivity (Wildman–Crippen MR) is 178 cm³/mol. The summed E-state index contributed by atoms with van der Waals surface area (Å²) in [5, 5.41) is 18.7. The van der Waals surface area contributed by atoms with Crippen LogP contribution in [0.25, 0.3) is 17.3 Å². The van der Waals surface area contributed by atoms with E-state index in [1.165, 1.54) is 43.9 Å². The first-order chi connectivity index (χ1) is 20.7. The van der Waals surface area contributed by atoms with E-state index in [-0.39, 0.29) is 45.3 Å². The molecule has 0 bridgehead atoms. The molecule has 12 nitrogen and oxygen atoms in total. The van der Waals surface area contributed by atoms with E-state index in [2.05, 4.69) is 36.4 Å². The van der Waals surface area contributed by atoms with Gasteiger partial charge in [-0.25, -0.2) is 21.1 Å². The molecule has 0 aliphatic heterocycles. The number of sulfone groups is 1. The Morgan fingerprint density at radius 3 is 2.29 bits per heavy atom. The summed E-state index contributed by atoms with van der Waals surface area (Å²) in [6.07, 6.45) is -0.789. The molecule has 2 aromatic heterocycles. The standard InChI is InChI=1S/C29H41ClN4O8S2Si/c1-18-11-14-24(42-18)28-31-32-29(34(28)26(19(2)40-5)20(3)41-6)33(15-16-45(8,9)10)44(38,39)21(4)27(35)23-13-12-22(30)17-25(23)43(7,36)37/h11-14,17,21,27,35H,2,15-16H2,1,3-10H3/b26-20-/t21-,27+/m0/s1. The summed E-state index contributed by atoms with van der Waals surface area (Å²) >= 11 is 6.06. The second kappa shape index (κ2) is 13.7. The summed E-state index contributed by atoms with van der Waals surface area (Å²) in [6.45, 7) is 15.0. The van der Waals surface area contributed by atoms with Gasteiger partial charge in [-0.1, -0.05) is 43.9 Å². The maximum Gasteiger partial charge on any atom is 0.246 e. The molecular formula is C29H41ClN4O8S2Si. The van der Waals surface area contributed by atoms with E-state index in [1.54, 1.807) is 26.0 Å². The fraction of sp³-hybridized carbons (Fsp3) is 0.448. The third kappa shape index (κ3) is 8.00. The number of aliphatic hydroxyl groups excluding tert-OH is 1. The molecule has 0 aliphatic carbocycles. The van der Waals surface area contributed by atoms with Gasteiger partial charge < -0.3 is 19.0 Å². The number of hydrogen-bond acceptors (Lipinski definition) is 10. The van der Waals surface area contributed by atoms with Gasteiger partial charge >= 0.3 is 0 Å². The molecular weight excluding hydrogens is 660 g/mol. The molecule has 0 amide bonds. The topological polar surface area (TPSA) is 154 Å². The Kier molecular flexibility index (Phi) is 11.1. The second-order valence-corrected chi connectivity index (χ2v) is 22.1. The van der Waals surface area contributed by atoms with Crippen molar-refractivity contribution in [3.8, 4) is 11.6 Å². The highest BCUT2D eigenvalue weighted by Crippen LogP contribution is 2.37. The number of ether oxygens (including phenoxy) is 2. The lowest BCUT2D eigenvalue weighted by Crippen LogP contribution is -2.44. The van der Waals surface area contributed by atoms with E-state index in [1.807, 2.05) is 0 Å². The number of rotatable bonds is 14. The van der Waals surface area contributed by atoms with Crippen molar-refractivity contribution in [3.05, 3.63) is 64.8 Å². The summed E-state index contributed by atoms with van der Waals surface area (Å²) in [6, 6.07) is 7.82. The van der Waals surface area contributed by atoms with E-state index < -0.39 is 39.3 Å². The lowest BCUT2D eigenvalue weighted by atomic mass is 10.1. The number of methoxy groups -OCH3 is 2. The molecule has 16 heteroatoms. The van der Waals surface area contributed by atoms with Crippen LogP contribution in [0.15, 0.2) is 57.7 Å². The SMILES string of the molecule is C=C(OC)/C(=C(\C)OC)n1c(-c2ccc(C)o2)nnc1N(CC[Si](C)(C)C)S(=O)(=O)[C@@H](C)[C@@H](O)c1ccc(Cl)cc1S(C)(=O)=O. The van der Waals surface area contributed by atoms with Crippen LogP contribution < -0.4 is 4.31 Å². The zero-order valence-electron chi connectivity index (χ0n) is 27.0. The minimum absolute atomic E-state index is 0.0112. The number of allylic oxidation sites excluding steroid dienone is 2. The number of aryl methyl sites for hydroxylation is 1. The number of nitrogens with zero attached hydrogens (tertiary/aromatic N) is 4. The zero-order valence-corrected chi connectivity index (χ0v) is 30.3. The van der Waals surface area contributed by atoms with Crippen LogP contribution in [-0.4, -0.2) is 77.1 Å². The molecule has 0 spiro atoms. The van der Waals surface area contributed by atoms with Gasteiger partial charge in [-0.3, -0.25) is 4.57 Å². The number of benzene rings is 1.